The summed E-state index contributed by atoms with van der Waals surface area (Å²) in [7, 11) is 1.89. The molecule has 0 aliphatic carbocycles. The molecule has 1 atom stereocenters. The molecule has 1 N–H and O–H groups in total. The number of hydrogen-bond donors (Lipinski definition) is 1. The van der Waals surface area contributed by atoms with Crippen LogP contribution in [-0.2, 0) is 16.1 Å². The Bertz CT molecular complexity index is 549. The number of carboxylic acids is 1. The molecule has 1 aliphatic rings. The molecular weight excluding hydrogens is 294 g/mol. The summed E-state index contributed by atoms with van der Waals surface area (Å²) in [6, 6.07) is 3.85. The quantitative estimate of drug-likeness (QED) is 0.862. The van der Waals surface area contributed by atoms with E-state index in [9.17, 15) is 14.7 Å². The van der Waals surface area contributed by atoms with Crippen LogP contribution in [0.5, 0.6) is 0 Å². The lowest BCUT2D eigenvalue weighted by Crippen LogP contribution is -2.51. The normalized spacial score (nSPS) is 21.4. The summed E-state index contributed by atoms with van der Waals surface area (Å²) >= 11 is 0. The molecule has 1 unspecified atom stereocenters. The van der Waals surface area contributed by atoms with Gasteiger partial charge >= 0.3 is 5.97 Å². The van der Waals surface area contributed by atoms with Crippen LogP contribution in [0, 0.1) is 5.41 Å². The first-order chi connectivity index (χ1) is 11.0. The van der Waals surface area contributed by atoms with Crippen molar-refractivity contribution in [3.05, 3.63) is 30.1 Å². The van der Waals surface area contributed by atoms with E-state index in [2.05, 4.69) is 4.98 Å². The Kier molecular flexibility index (Phi) is 5.71. The monoisotopic (exact) mass is 319 g/mol. The van der Waals surface area contributed by atoms with Gasteiger partial charge < -0.3 is 10.0 Å². The Hall–Kier alpha value is -1.95. The smallest absolute Gasteiger partial charge is 0.311 e. The Morgan fingerprint density at radius 3 is 2.87 bits per heavy atom. The molecule has 2 heterocycles. The van der Waals surface area contributed by atoms with Crippen molar-refractivity contribution in [2.24, 2.45) is 5.41 Å². The van der Waals surface area contributed by atoms with E-state index in [0.717, 1.165) is 12.0 Å². The third kappa shape index (κ3) is 4.28. The second kappa shape index (κ2) is 7.55. The fourth-order valence-electron chi connectivity index (χ4n) is 3.15. The molecule has 1 aromatic heterocycles. The number of likely N-dealkylation sites (tertiary alicyclic amines) is 1. The maximum absolute atomic E-state index is 12.5. The van der Waals surface area contributed by atoms with Crippen LogP contribution in [-0.4, -0.2) is 58.4 Å². The first-order valence-corrected chi connectivity index (χ1v) is 8.05. The Morgan fingerprint density at radius 2 is 2.26 bits per heavy atom. The average molecular weight is 319 g/mol. The van der Waals surface area contributed by atoms with Gasteiger partial charge in [0, 0.05) is 32.0 Å². The van der Waals surface area contributed by atoms with Gasteiger partial charge in [-0.3, -0.25) is 19.5 Å². The number of likely N-dealkylation sites (N-methyl/N-ethyl adjacent to an activating group) is 1. The number of pyridine rings is 1. The van der Waals surface area contributed by atoms with Gasteiger partial charge in [-0.05, 0) is 37.9 Å². The highest BCUT2D eigenvalue weighted by molar-refractivity contribution is 5.81. The Balaban J connectivity index is 1.93. The third-order valence-corrected chi connectivity index (χ3v) is 4.64. The highest BCUT2D eigenvalue weighted by Crippen LogP contribution is 2.33. The third-order valence-electron chi connectivity index (χ3n) is 4.64. The summed E-state index contributed by atoms with van der Waals surface area (Å²) in [6.07, 6.45) is 5.46. The van der Waals surface area contributed by atoms with Gasteiger partial charge in [0.15, 0.2) is 0 Å². The number of piperidine rings is 1. The molecule has 6 heteroatoms. The summed E-state index contributed by atoms with van der Waals surface area (Å²) in [4.78, 5) is 31.8. The highest BCUT2D eigenvalue weighted by Gasteiger charge is 2.42. The second-order valence-corrected chi connectivity index (χ2v) is 6.39. The highest BCUT2D eigenvalue weighted by atomic mass is 16.4. The van der Waals surface area contributed by atoms with E-state index in [1.807, 2.05) is 31.0 Å². The topological polar surface area (TPSA) is 73.7 Å². The Morgan fingerprint density at radius 1 is 1.48 bits per heavy atom. The minimum atomic E-state index is -0.791. The fraction of sp³-hybridized carbons (Fsp3) is 0.588. The van der Waals surface area contributed by atoms with Gasteiger partial charge in [-0.25, -0.2) is 0 Å². The van der Waals surface area contributed by atoms with Crippen LogP contribution in [0.2, 0.25) is 0 Å². The summed E-state index contributed by atoms with van der Waals surface area (Å²) in [5.74, 6) is -0.795. The molecule has 2 rings (SSSR count). The molecule has 1 aromatic rings. The van der Waals surface area contributed by atoms with E-state index in [1.165, 1.54) is 0 Å². The number of nitrogens with zero attached hydrogens (tertiary/aromatic N) is 3. The number of aromatic nitrogens is 1. The van der Waals surface area contributed by atoms with E-state index < -0.39 is 11.4 Å². The second-order valence-electron chi connectivity index (χ2n) is 6.39. The number of aliphatic carboxylic acids is 1. The van der Waals surface area contributed by atoms with Gasteiger partial charge in [-0.15, -0.1) is 0 Å². The molecule has 0 radical (unpaired) electrons. The lowest BCUT2D eigenvalue weighted by Gasteiger charge is -2.39. The van der Waals surface area contributed by atoms with E-state index >= 15 is 0 Å². The first kappa shape index (κ1) is 17.4. The molecule has 6 nitrogen and oxygen atoms in total. The van der Waals surface area contributed by atoms with Gasteiger partial charge in [0.05, 0.1) is 12.0 Å². The number of carbonyl (C=O) groups excluding carboxylic acids is 1. The molecule has 1 aliphatic heterocycles. The van der Waals surface area contributed by atoms with E-state index in [-0.39, 0.29) is 12.5 Å². The largest absolute Gasteiger partial charge is 0.481 e. The van der Waals surface area contributed by atoms with Crippen molar-refractivity contribution in [3.63, 3.8) is 0 Å². The van der Waals surface area contributed by atoms with Gasteiger partial charge in [0.1, 0.15) is 0 Å². The zero-order valence-corrected chi connectivity index (χ0v) is 13.9. The van der Waals surface area contributed by atoms with Crippen LogP contribution in [0.4, 0.5) is 0 Å². The molecular formula is C17H25N3O3. The van der Waals surface area contributed by atoms with Crippen molar-refractivity contribution in [1.29, 1.82) is 0 Å². The Labute approximate surface area is 137 Å². The average Bonchev–Trinajstić information content (AvgIpc) is 2.55. The minimum absolute atomic E-state index is 0.00448. The predicted octanol–water partition coefficient (Wildman–Crippen LogP) is 1.62. The number of rotatable bonds is 6. The van der Waals surface area contributed by atoms with E-state index in [1.54, 1.807) is 17.3 Å². The molecule has 0 spiro atoms. The molecule has 0 aromatic carbocycles. The molecule has 1 amide bonds. The molecule has 0 saturated carbocycles. The van der Waals surface area contributed by atoms with Gasteiger partial charge in [-0.1, -0.05) is 13.0 Å². The van der Waals surface area contributed by atoms with Crippen molar-refractivity contribution in [3.8, 4) is 0 Å². The van der Waals surface area contributed by atoms with Crippen LogP contribution >= 0.6 is 0 Å². The standard InChI is InChI=1S/C17H25N3O3/c1-3-17(16(22)23)7-5-9-20(13-17)15(21)12-19(2)11-14-6-4-8-18-10-14/h4,6,8,10H,3,5,7,9,11-13H2,1-2H3,(H,22,23). The molecule has 1 fully saturated rings. The molecule has 126 valence electrons. The number of hydrogen-bond acceptors (Lipinski definition) is 4. The summed E-state index contributed by atoms with van der Waals surface area (Å²) in [5, 5.41) is 9.51. The number of carboxylic acid groups (broad SMARTS) is 1. The van der Waals surface area contributed by atoms with E-state index in [0.29, 0.717) is 32.5 Å². The van der Waals surface area contributed by atoms with Crippen LogP contribution < -0.4 is 0 Å². The van der Waals surface area contributed by atoms with Crippen molar-refractivity contribution in [2.75, 3.05) is 26.7 Å². The van der Waals surface area contributed by atoms with Crippen LogP contribution in [0.15, 0.2) is 24.5 Å². The number of carbonyl (C=O) groups is 2. The van der Waals surface area contributed by atoms with Crippen molar-refractivity contribution < 1.29 is 14.7 Å². The molecule has 0 bridgehead atoms. The molecule has 1 saturated heterocycles. The fourth-order valence-corrected chi connectivity index (χ4v) is 3.15. The van der Waals surface area contributed by atoms with Crippen molar-refractivity contribution in [1.82, 2.24) is 14.8 Å². The van der Waals surface area contributed by atoms with Crippen LogP contribution in [0.1, 0.15) is 31.7 Å². The lowest BCUT2D eigenvalue weighted by molar-refractivity contribution is -0.155. The van der Waals surface area contributed by atoms with Crippen molar-refractivity contribution in [2.45, 2.75) is 32.7 Å². The minimum Gasteiger partial charge on any atom is -0.481 e. The lowest BCUT2D eigenvalue weighted by atomic mass is 9.77. The van der Waals surface area contributed by atoms with Gasteiger partial charge in [0.2, 0.25) is 5.91 Å². The van der Waals surface area contributed by atoms with Gasteiger partial charge in [-0.2, -0.15) is 0 Å². The summed E-state index contributed by atoms with van der Waals surface area (Å²) in [6.45, 7) is 3.78. The van der Waals surface area contributed by atoms with Crippen molar-refractivity contribution >= 4 is 11.9 Å². The van der Waals surface area contributed by atoms with Crippen LogP contribution in [0.25, 0.3) is 0 Å². The van der Waals surface area contributed by atoms with Gasteiger partial charge in [0.25, 0.3) is 0 Å². The first-order valence-electron chi connectivity index (χ1n) is 8.05. The predicted molar refractivity (Wildman–Crippen MR) is 86.7 cm³/mol. The van der Waals surface area contributed by atoms with E-state index in [4.69, 9.17) is 0 Å². The SMILES string of the molecule is CCC1(C(=O)O)CCCN(C(=O)CN(C)Cc2cccnc2)C1. The zero-order chi connectivity index (χ0) is 16.9. The van der Waals surface area contributed by atoms with Crippen LogP contribution in [0.3, 0.4) is 0 Å². The number of amides is 1. The zero-order valence-electron chi connectivity index (χ0n) is 13.9. The summed E-state index contributed by atoms with van der Waals surface area (Å²) in [5.41, 5.74) is 0.269. The maximum Gasteiger partial charge on any atom is 0.311 e. The summed E-state index contributed by atoms with van der Waals surface area (Å²) < 4.78 is 0. The maximum atomic E-state index is 12.5. The molecule has 23 heavy (non-hydrogen) atoms.